The number of aliphatic carboxylic acids is 2. The summed E-state index contributed by atoms with van der Waals surface area (Å²) in [6.45, 7) is 0. The van der Waals surface area contributed by atoms with E-state index in [-0.39, 0.29) is 5.75 Å². The van der Waals surface area contributed by atoms with Crippen LogP contribution in [-0.4, -0.2) is 28.8 Å². The third kappa shape index (κ3) is 5.91. The fourth-order valence-electron chi connectivity index (χ4n) is 1.26. The lowest BCUT2D eigenvalue weighted by Gasteiger charge is -2.17. The summed E-state index contributed by atoms with van der Waals surface area (Å²) in [4.78, 5) is 32.5. The normalized spacial score (nSPS) is 11.6. The minimum absolute atomic E-state index is 0.180. The van der Waals surface area contributed by atoms with Gasteiger partial charge in [0.2, 0.25) is 5.91 Å². The predicted octanol–water partition coefficient (Wildman–Crippen LogP) is -1.38. The number of para-hydroxylation sites is 1. The van der Waals surface area contributed by atoms with Crippen molar-refractivity contribution < 1.29 is 24.6 Å². The predicted molar refractivity (Wildman–Crippen MR) is 65.9 cm³/mol. The van der Waals surface area contributed by atoms with Gasteiger partial charge in [0.25, 0.3) is 0 Å². The minimum Gasteiger partial charge on any atom is -0.550 e. The fraction of sp³-hybridized carbons (Fsp3) is 0.250. The van der Waals surface area contributed by atoms with Crippen LogP contribution in [0.4, 0.5) is 5.69 Å². The lowest BCUT2D eigenvalue weighted by Crippen LogP contribution is -2.39. The first-order valence-electron chi connectivity index (χ1n) is 5.36. The molecule has 0 unspecified atom stereocenters. The van der Waals surface area contributed by atoms with Crippen molar-refractivity contribution in [3.63, 3.8) is 0 Å². The van der Waals surface area contributed by atoms with Gasteiger partial charge < -0.3 is 25.1 Å². The average Bonchev–Trinajstić information content (AvgIpc) is 2.35. The van der Waals surface area contributed by atoms with Crippen LogP contribution in [0.1, 0.15) is 6.42 Å². The molecule has 0 aliphatic heterocycles. The Morgan fingerprint density at radius 2 is 1.79 bits per heavy atom. The summed E-state index contributed by atoms with van der Waals surface area (Å²) in [6, 6.07) is 8.63. The Hall–Kier alpha value is -2.02. The molecule has 0 spiro atoms. The molecule has 1 rings (SSSR count). The van der Waals surface area contributed by atoms with E-state index in [9.17, 15) is 24.6 Å². The smallest absolute Gasteiger partial charge is 0.234 e. The second-order valence-electron chi connectivity index (χ2n) is 3.61. The zero-order chi connectivity index (χ0) is 14.3. The maximum absolute atomic E-state index is 11.5. The second-order valence-corrected chi connectivity index (χ2v) is 4.80. The lowest BCUT2D eigenvalue weighted by molar-refractivity contribution is -0.314. The summed E-state index contributed by atoms with van der Waals surface area (Å²) in [6.07, 6.45) is -0.689. The summed E-state index contributed by atoms with van der Waals surface area (Å²) < 4.78 is 0. The maximum atomic E-state index is 11.5. The highest BCUT2D eigenvalue weighted by molar-refractivity contribution is 8.01. The van der Waals surface area contributed by atoms with Gasteiger partial charge in [-0.2, -0.15) is 0 Å². The third-order valence-corrected chi connectivity index (χ3v) is 3.28. The molecular weight excluding hydrogens is 270 g/mol. The van der Waals surface area contributed by atoms with E-state index in [1.54, 1.807) is 30.3 Å². The highest BCUT2D eigenvalue weighted by atomic mass is 32.2. The van der Waals surface area contributed by atoms with Gasteiger partial charge in [0.15, 0.2) is 0 Å². The van der Waals surface area contributed by atoms with E-state index in [0.717, 1.165) is 0 Å². The highest BCUT2D eigenvalue weighted by Gasteiger charge is 2.13. The molecule has 0 aliphatic carbocycles. The topological polar surface area (TPSA) is 109 Å². The van der Waals surface area contributed by atoms with Gasteiger partial charge in [-0.05, 0) is 12.1 Å². The molecule has 19 heavy (non-hydrogen) atoms. The number of benzene rings is 1. The van der Waals surface area contributed by atoms with Crippen molar-refractivity contribution in [1.82, 2.24) is 0 Å². The first kappa shape index (κ1) is 15.0. The minimum atomic E-state index is -1.53. The molecule has 1 amide bonds. The van der Waals surface area contributed by atoms with E-state index in [4.69, 9.17) is 0 Å². The van der Waals surface area contributed by atoms with Crippen LogP contribution in [-0.2, 0) is 14.4 Å². The second kappa shape index (κ2) is 7.42. The van der Waals surface area contributed by atoms with Crippen LogP contribution >= 0.6 is 11.8 Å². The Balaban J connectivity index is 2.44. The van der Waals surface area contributed by atoms with Gasteiger partial charge in [-0.15, -0.1) is 11.8 Å². The van der Waals surface area contributed by atoms with Crippen molar-refractivity contribution in [2.45, 2.75) is 11.7 Å². The summed E-state index contributed by atoms with van der Waals surface area (Å²) in [5, 5.41) is 22.2. The van der Waals surface area contributed by atoms with Gasteiger partial charge in [-0.3, -0.25) is 4.79 Å². The Morgan fingerprint density at radius 3 is 2.32 bits per heavy atom. The van der Waals surface area contributed by atoms with Gasteiger partial charge in [0.1, 0.15) is 0 Å². The number of rotatable bonds is 7. The fourth-order valence-corrected chi connectivity index (χ4v) is 2.07. The zero-order valence-electron chi connectivity index (χ0n) is 9.83. The number of nitrogens with one attached hydrogen (secondary N) is 1. The van der Waals surface area contributed by atoms with E-state index >= 15 is 0 Å². The Morgan fingerprint density at radius 1 is 1.16 bits per heavy atom. The third-order valence-electron chi connectivity index (χ3n) is 2.09. The van der Waals surface area contributed by atoms with Crippen LogP contribution in [0.3, 0.4) is 0 Å². The van der Waals surface area contributed by atoms with Crippen molar-refractivity contribution in [2.75, 3.05) is 11.1 Å². The molecule has 1 aromatic rings. The zero-order valence-corrected chi connectivity index (χ0v) is 10.6. The molecule has 1 atom stereocenters. The number of hydrogen-bond donors (Lipinski definition) is 1. The molecular formula is C12H11NO5S-2. The molecule has 7 heteroatoms. The molecule has 0 saturated carbocycles. The molecule has 0 aliphatic rings. The summed E-state index contributed by atoms with van der Waals surface area (Å²) in [5.74, 6) is -3.62. The monoisotopic (exact) mass is 281 g/mol. The number of carbonyl (C=O) groups is 3. The molecule has 6 nitrogen and oxygen atoms in total. The summed E-state index contributed by atoms with van der Waals surface area (Å²) in [7, 11) is 0. The largest absolute Gasteiger partial charge is 0.550 e. The van der Waals surface area contributed by atoms with Crippen molar-refractivity contribution in [2.24, 2.45) is 0 Å². The van der Waals surface area contributed by atoms with Crippen LogP contribution in [0, 0.1) is 0 Å². The van der Waals surface area contributed by atoms with E-state index < -0.39 is 29.5 Å². The van der Waals surface area contributed by atoms with E-state index in [1.165, 1.54) is 0 Å². The van der Waals surface area contributed by atoms with E-state index in [1.807, 2.05) is 0 Å². The summed E-state index contributed by atoms with van der Waals surface area (Å²) in [5.41, 5.74) is 0.581. The molecule has 1 aromatic carbocycles. The molecule has 1 N–H and O–H groups in total. The molecule has 0 bridgehead atoms. The molecule has 102 valence electrons. The van der Waals surface area contributed by atoms with Crippen molar-refractivity contribution >= 4 is 35.3 Å². The first-order chi connectivity index (χ1) is 8.99. The Labute approximate surface area is 113 Å². The average molecular weight is 281 g/mol. The number of hydrogen-bond acceptors (Lipinski definition) is 6. The number of carboxylic acid groups (broad SMARTS) is 2. The first-order valence-corrected chi connectivity index (χ1v) is 6.41. The maximum Gasteiger partial charge on any atom is 0.234 e. The number of carboxylic acids is 2. The Kier molecular flexibility index (Phi) is 5.87. The van der Waals surface area contributed by atoms with Gasteiger partial charge >= 0.3 is 0 Å². The van der Waals surface area contributed by atoms with Gasteiger partial charge in [-0.1, -0.05) is 18.2 Å². The van der Waals surface area contributed by atoms with Gasteiger partial charge in [-0.25, -0.2) is 0 Å². The highest BCUT2D eigenvalue weighted by Crippen LogP contribution is 2.14. The molecule has 0 fully saturated rings. The lowest BCUT2D eigenvalue weighted by atomic mass is 10.3. The van der Waals surface area contributed by atoms with E-state index in [0.29, 0.717) is 17.4 Å². The van der Waals surface area contributed by atoms with Gasteiger partial charge in [0.05, 0.1) is 17.0 Å². The number of carbonyl (C=O) groups excluding carboxylic acids is 3. The van der Waals surface area contributed by atoms with E-state index in [2.05, 4.69) is 5.32 Å². The molecule has 0 radical (unpaired) electrons. The number of thioether (sulfide) groups is 1. The van der Waals surface area contributed by atoms with Crippen LogP contribution in [0.15, 0.2) is 30.3 Å². The molecule has 0 saturated heterocycles. The Bertz CT molecular complexity index is 462. The SMILES string of the molecule is O=C([O-])C[C@@H](SCC(=O)Nc1ccccc1)C(=O)[O-]. The van der Waals surface area contributed by atoms with Crippen molar-refractivity contribution in [3.05, 3.63) is 30.3 Å². The quantitative estimate of drug-likeness (QED) is 0.659. The standard InChI is InChI=1S/C12H13NO5S/c14-10(13-8-4-2-1-3-5-8)7-19-9(12(17)18)6-11(15)16/h1-5,9H,6-7H2,(H,13,14)(H,15,16)(H,17,18)/p-2/t9-/m1/s1. The van der Waals surface area contributed by atoms with Crippen LogP contribution in [0.5, 0.6) is 0 Å². The van der Waals surface area contributed by atoms with Crippen molar-refractivity contribution in [3.8, 4) is 0 Å². The summed E-state index contributed by atoms with van der Waals surface area (Å²) >= 11 is 0.690. The van der Waals surface area contributed by atoms with Crippen LogP contribution in [0.25, 0.3) is 0 Å². The molecule has 0 aromatic heterocycles. The van der Waals surface area contributed by atoms with Crippen molar-refractivity contribution in [1.29, 1.82) is 0 Å². The van der Waals surface area contributed by atoms with Crippen LogP contribution in [0.2, 0.25) is 0 Å². The molecule has 0 heterocycles. The van der Waals surface area contributed by atoms with Gasteiger partial charge in [0, 0.05) is 18.1 Å². The number of amides is 1. The number of anilines is 1. The van der Waals surface area contributed by atoms with Crippen LogP contribution < -0.4 is 15.5 Å².